The molecule has 6 heteroatoms. The van der Waals surface area contributed by atoms with Crippen molar-refractivity contribution >= 4 is 17.5 Å². The number of fused-ring (bicyclic) bond motifs is 1. The monoisotopic (exact) mass is 356 g/mol. The smallest absolute Gasteiger partial charge is 0.239 e. The van der Waals surface area contributed by atoms with Gasteiger partial charge in [0.1, 0.15) is 17.6 Å². The summed E-state index contributed by atoms with van der Waals surface area (Å²) in [6, 6.07) is 11.0. The minimum atomic E-state index is -0.786. The zero-order chi connectivity index (χ0) is 18.3. The van der Waals surface area contributed by atoms with Gasteiger partial charge in [0.2, 0.25) is 11.8 Å². The zero-order valence-corrected chi connectivity index (χ0v) is 14.1. The van der Waals surface area contributed by atoms with Crippen LogP contribution in [0.3, 0.4) is 0 Å². The van der Waals surface area contributed by atoms with Crippen molar-refractivity contribution in [3.05, 3.63) is 65.2 Å². The number of hydrogen-bond acceptors (Lipinski definition) is 2. The average Bonchev–Trinajstić information content (AvgIpc) is 3.01. The highest BCUT2D eigenvalue weighted by atomic mass is 19.1. The van der Waals surface area contributed by atoms with Crippen molar-refractivity contribution in [1.82, 2.24) is 4.90 Å². The lowest BCUT2D eigenvalue weighted by molar-refractivity contribution is -0.140. The molecule has 0 aromatic heterocycles. The van der Waals surface area contributed by atoms with Gasteiger partial charge in [0.05, 0.1) is 0 Å². The van der Waals surface area contributed by atoms with E-state index >= 15 is 0 Å². The Kier molecular flexibility index (Phi) is 4.18. The molecule has 0 spiro atoms. The van der Waals surface area contributed by atoms with Gasteiger partial charge in [0.25, 0.3) is 0 Å². The number of carbonyl (C=O) groups is 2. The molecule has 4 rings (SSSR count). The van der Waals surface area contributed by atoms with Crippen LogP contribution in [0.5, 0.6) is 0 Å². The summed E-state index contributed by atoms with van der Waals surface area (Å²) in [5, 5.41) is 0. The van der Waals surface area contributed by atoms with Gasteiger partial charge in [0.15, 0.2) is 0 Å². The molecule has 2 heterocycles. The van der Waals surface area contributed by atoms with Gasteiger partial charge in [-0.15, -0.1) is 0 Å². The molecule has 26 heavy (non-hydrogen) atoms. The van der Waals surface area contributed by atoms with Crippen LogP contribution in [0.4, 0.5) is 14.5 Å². The van der Waals surface area contributed by atoms with Crippen LogP contribution in [-0.2, 0) is 22.6 Å². The van der Waals surface area contributed by atoms with Crippen LogP contribution < -0.4 is 4.90 Å². The number of carbonyl (C=O) groups excluding carboxylic acids is 2. The molecule has 2 aromatic rings. The first-order valence-corrected chi connectivity index (χ1v) is 8.66. The lowest BCUT2D eigenvalue weighted by Crippen LogP contribution is -2.42. The third-order valence-corrected chi connectivity index (χ3v) is 5.10. The van der Waals surface area contributed by atoms with E-state index in [0.29, 0.717) is 19.5 Å². The third kappa shape index (κ3) is 2.96. The van der Waals surface area contributed by atoms with E-state index in [1.54, 1.807) is 4.90 Å². The molecule has 2 aliphatic heterocycles. The fourth-order valence-electron chi connectivity index (χ4n) is 3.76. The van der Waals surface area contributed by atoms with Gasteiger partial charge in [-0.2, -0.15) is 0 Å². The lowest BCUT2D eigenvalue weighted by Gasteiger charge is -2.30. The number of halogens is 2. The van der Waals surface area contributed by atoms with Crippen molar-refractivity contribution in [2.75, 3.05) is 18.0 Å². The largest absolute Gasteiger partial charge is 0.337 e. The maximum Gasteiger partial charge on any atom is 0.239 e. The molecule has 1 saturated heterocycles. The van der Waals surface area contributed by atoms with E-state index in [1.165, 1.54) is 10.5 Å². The quantitative estimate of drug-likeness (QED) is 0.777. The number of amides is 2. The van der Waals surface area contributed by atoms with Gasteiger partial charge < -0.3 is 9.80 Å². The maximum absolute atomic E-state index is 13.4. The van der Waals surface area contributed by atoms with Gasteiger partial charge in [-0.3, -0.25) is 9.59 Å². The van der Waals surface area contributed by atoms with E-state index < -0.39 is 17.6 Å². The SMILES string of the molecule is O=C([C@@H]1CCN(c2cc(F)cc(F)c2)C1=O)N1CCc2ccccc2C1. The minimum absolute atomic E-state index is 0.159. The van der Waals surface area contributed by atoms with Crippen LogP contribution in [0.2, 0.25) is 0 Å². The van der Waals surface area contributed by atoms with Crippen molar-refractivity contribution in [3.63, 3.8) is 0 Å². The Balaban J connectivity index is 1.51. The number of hydrogen-bond donors (Lipinski definition) is 0. The van der Waals surface area contributed by atoms with Crippen molar-refractivity contribution < 1.29 is 18.4 Å². The van der Waals surface area contributed by atoms with Crippen molar-refractivity contribution in [3.8, 4) is 0 Å². The summed E-state index contributed by atoms with van der Waals surface area (Å²) in [6.07, 6.45) is 1.12. The highest BCUT2D eigenvalue weighted by Gasteiger charge is 2.40. The van der Waals surface area contributed by atoms with Crippen molar-refractivity contribution in [1.29, 1.82) is 0 Å². The second-order valence-electron chi connectivity index (χ2n) is 6.74. The molecule has 0 bridgehead atoms. The molecule has 134 valence electrons. The van der Waals surface area contributed by atoms with Crippen LogP contribution in [0, 0.1) is 17.6 Å². The van der Waals surface area contributed by atoms with Crippen molar-refractivity contribution in [2.24, 2.45) is 5.92 Å². The Hall–Kier alpha value is -2.76. The molecule has 1 fully saturated rings. The summed E-state index contributed by atoms with van der Waals surface area (Å²) in [5.74, 6) is -2.86. The number of nitrogens with zero attached hydrogens (tertiary/aromatic N) is 2. The van der Waals surface area contributed by atoms with E-state index in [9.17, 15) is 18.4 Å². The van der Waals surface area contributed by atoms with E-state index in [0.717, 1.165) is 30.2 Å². The summed E-state index contributed by atoms with van der Waals surface area (Å²) >= 11 is 0. The van der Waals surface area contributed by atoms with Gasteiger partial charge in [-0.25, -0.2) is 8.78 Å². The van der Waals surface area contributed by atoms with Crippen LogP contribution in [0.1, 0.15) is 17.5 Å². The summed E-state index contributed by atoms with van der Waals surface area (Å²) in [4.78, 5) is 28.6. The summed E-state index contributed by atoms with van der Waals surface area (Å²) in [5.41, 5.74) is 2.49. The van der Waals surface area contributed by atoms with Crippen LogP contribution in [0.15, 0.2) is 42.5 Å². The van der Waals surface area contributed by atoms with Gasteiger partial charge in [-0.05, 0) is 36.1 Å². The third-order valence-electron chi connectivity index (χ3n) is 5.10. The van der Waals surface area contributed by atoms with E-state index in [2.05, 4.69) is 6.07 Å². The molecule has 1 atom stereocenters. The number of rotatable bonds is 2. The topological polar surface area (TPSA) is 40.6 Å². The van der Waals surface area contributed by atoms with Crippen molar-refractivity contribution in [2.45, 2.75) is 19.4 Å². The van der Waals surface area contributed by atoms with E-state index in [4.69, 9.17) is 0 Å². The molecule has 4 nitrogen and oxygen atoms in total. The van der Waals surface area contributed by atoms with Crippen LogP contribution in [0.25, 0.3) is 0 Å². The minimum Gasteiger partial charge on any atom is -0.337 e. The van der Waals surface area contributed by atoms with Crippen LogP contribution in [-0.4, -0.2) is 29.8 Å². The lowest BCUT2D eigenvalue weighted by atomic mass is 9.98. The molecule has 0 unspecified atom stereocenters. The number of anilines is 1. The predicted molar refractivity (Wildman–Crippen MR) is 92.4 cm³/mol. The summed E-state index contributed by atoms with van der Waals surface area (Å²) in [6.45, 7) is 1.35. The molecule has 0 aliphatic carbocycles. The Bertz CT molecular complexity index is 864. The molecule has 0 saturated carbocycles. The molecular formula is C20H18F2N2O2. The van der Waals surface area contributed by atoms with Gasteiger partial charge in [0, 0.05) is 31.4 Å². The fourth-order valence-corrected chi connectivity index (χ4v) is 3.76. The summed E-state index contributed by atoms with van der Waals surface area (Å²) in [7, 11) is 0. The highest BCUT2D eigenvalue weighted by molar-refractivity contribution is 6.09. The average molecular weight is 356 g/mol. The first-order chi connectivity index (χ1) is 12.5. The van der Waals surface area contributed by atoms with Gasteiger partial charge >= 0.3 is 0 Å². The molecule has 0 radical (unpaired) electrons. The standard InChI is InChI=1S/C20H18F2N2O2/c21-15-9-16(22)11-17(10-15)24-8-6-18(20(24)26)19(25)23-7-5-13-3-1-2-4-14(13)12-23/h1-4,9-11,18H,5-8,12H2/t18-/m0/s1. The number of benzene rings is 2. The first-order valence-electron chi connectivity index (χ1n) is 8.66. The molecule has 0 N–H and O–H groups in total. The predicted octanol–water partition coefficient (Wildman–Crippen LogP) is 2.90. The first kappa shape index (κ1) is 16.7. The molecule has 2 aliphatic rings. The zero-order valence-electron chi connectivity index (χ0n) is 14.1. The Labute approximate surface area is 150 Å². The Morgan fingerprint density at radius 1 is 1.00 bits per heavy atom. The van der Waals surface area contributed by atoms with E-state index in [1.807, 2.05) is 18.2 Å². The summed E-state index contributed by atoms with van der Waals surface area (Å²) < 4.78 is 26.9. The maximum atomic E-state index is 13.4. The van der Waals surface area contributed by atoms with Gasteiger partial charge in [-0.1, -0.05) is 24.3 Å². The molecule has 2 amide bonds. The second kappa shape index (κ2) is 6.52. The van der Waals surface area contributed by atoms with Crippen LogP contribution >= 0.6 is 0 Å². The highest BCUT2D eigenvalue weighted by Crippen LogP contribution is 2.29. The fraction of sp³-hybridized carbons (Fsp3) is 0.300. The Morgan fingerprint density at radius 3 is 2.42 bits per heavy atom. The molecular weight excluding hydrogens is 338 g/mol. The second-order valence-corrected chi connectivity index (χ2v) is 6.74. The normalized spacial score (nSPS) is 19.6. The van der Waals surface area contributed by atoms with E-state index in [-0.39, 0.29) is 24.0 Å². The Morgan fingerprint density at radius 2 is 1.69 bits per heavy atom. The molecule has 2 aromatic carbocycles.